The topological polar surface area (TPSA) is 64.0 Å². The van der Waals surface area contributed by atoms with Crippen molar-refractivity contribution in [3.05, 3.63) is 54.0 Å². The molecule has 0 atom stereocenters. The molecule has 2 heterocycles. The highest BCUT2D eigenvalue weighted by Crippen LogP contribution is 2.29. The van der Waals surface area contributed by atoms with Gasteiger partial charge in [0.05, 0.1) is 5.69 Å². The first-order valence-corrected chi connectivity index (χ1v) is 9.15. The van der Waals surface area contributed by atoms with Crippen LogP contribution in [0.3, 0.4) is 0 Å². The number of anilines is 1. The number of nitrogens with one attached hydrogen (secondary N) is 1. The Morgan fingerprint density at radius 1 is 1.23 bits per heavy atom. The Hall–Kier alpha value is -2.12. The van der Waals surface area contributed by atoms with E-state index in [1.54, 1.807) is 36.5 Å². The molecule has 1 aromatic carbocycles. The molecule has 3 rings (SSSR count). The van der Waals surface area contributed by atoms with Crippen LogP contribution in [0.25, 0.3) is 11.3 Å². The van der Waals surface area contributed by atoms with E-state index in [0.29, 0.717) is 5.69 Å². The molecule has 0 unspecified atom stereocenters. The molecule has 5 nitrogen and oxygen atoms in total. The number of aromatic nitrogens is 2. The molecule has 1 N–H and O–H groups in total. The molecule has 0 radical (unpaired) electrons. The second-order valence-electron chi connectivity index (χ2n) is 4.66. The average molecular weight is 333 g/mol. The second kappa shape index (κ2) is 5.94. The zero-order valence-corrected chi connectivity index (χ0v) is 13.6. The van der Waals surface area contributed by atoms with Crippen LogP contribution < -0.4 is 4.72 Å². The number of aryl methyl sites for hydroxylation is 1. The molecule has 3 aromatic rings. The van der Waals surface area contributed by atoms with E-state index in [4.69, 9.17) is 0 Å². The van der Waals surface area contributed by atoms with Crippen molar-refractivity contribution >= 4 is 27.0 Å². The summed E-state index contributed by atoms with van der Waals surface area (Å²) in [5.41, 5.74) is 2.33. The van der Waals surface area contributed by atoms with Crippen LogP contribution in [0.15, 0.2) is 58.3 Å². The van der Waals surface area contributed by atoms with E-state index in [1.165, 1.54) is 11.3 Å². The van der Waals surface area contributed by atoms with Gasteiger partial charge < -0.3 is 0 Å². The molecule has 0 spiro atoms. The molecule has 0 aliphatic heterocycles. The van der Waals surface area contributed by atoms with Gasteiger partial charge >= 0.3 is 0 Å². The smallest absolute Gasteiger partial charge is 0.271 e. The van der Waals surface area contributed by atoms with Gasteiger partial charge in [0.2, 0.25) is 0 Å². The first kappa shape index (κ1) is 14.8. The van der Waals surface area contributed by atoms with Crippen LogP contribution in [0.2, 0.25) is 0 Å². The summed E-state index contributed by atoms with van der Waals surface area (Å²) >= 11 is 1.20. The Morgan fingerprint density at radius 2 is 2.00 bits per heavy atom. The van der Waals surface area contributed by atoms with Gasteiger partial charge in [-0.05, 0) is 31.2 Å². The fraction of sp³-hybridized carbons (Fsp3) is 0.133. The summed E-state index contributed by atoms with van der Waals surface area (Å²) in [6, 6.07) is 12.4. The van der Waals surface area contributed by atoms with Crippen LogP contribution >= 0.6 is 11.3 Å². The lowest BCUT2D eigenvalue weighted by molar-refractivity contribution is 0.603. The molecule has 0 aliphatic carbocycles. The number of rotatable bonds is 5. The first-order chi connectivity index (χ1) is 10.6. The fourth-order valence-electron chi connectivity index (χ4n) is 2.13. The van der Waals surface area contributed by atoms with E-state index in [0.717, 1.165) is 17.8 Å². The van der Waals surface area contributed by atoms with Crippen molar-refractivity contribution in [1.82, 2.24) is 9.78 Å². The quantitative estimate of drug-likeness (QED) is 0.778. The third kappa shape index (κ3) is 2.90. The maximum atomic E-state index is 12.4. The summed E-state index contributed by atoms with van der Waals surface area (Å²) in [6.45, 7) is 2.74. The molecule has 0 aliphatic rings. The van der Waals surface area contributed by atoms with E-state index < -0.39 is 10.0 Å². The third-order valence-corrected chi connectivity index (χ3v) is 6.00. The van der Waals surface area contributed by atoms with Crippen molar-refractivity contribution < 1.29 is 8.42 Å². The van der Waals surface area contributed by atoms with Gasteiger partial charge in [-0.1, -0.05) is 18.2 Å². The Kier molecular flexibility index (Phi) is 4.00. The summed E-state index contributed by atoms with van der Waals surface area (Å²) in [6.07, 6.45) is 1.72. The lowest BCUT2D eigenvalue weighted by Crippen LogP contribution is -2.11. The first-order valence-electron chi connectivity index (χ1n) is 6.79. The van der Waals surface area contributed by atoms with Gasteiger partial charge in [0, 0.05) is 29.4 Å². The molecule has 22 heavy (non-hydrogen) atoms. The van der Waals surface area contributed by atoms with E-state index in [-0.39, 0.29) is 4.21 Å². The second-order valence-corrected chi connectivity index (χ2v) is 7.48. The normalized spacial score (nSPS) is 11.5. The monoisotopic (exact) mass is 333 g/mol. The largest absolute Gasteiger partial charge is 0.279 e. The molecular weight excluding hydrogens is 318 g/mol. The summed E-state index contributed by atoms with van der Waals surface area (Å²) in [5, 5.41) is 6.04. The van der Waals surface area contributed by atoms with Gasteiger partial charge in [0.15, 0.2) is 0 Å². The maximum absolute atomic E-state index is 12.4. The van der Waals surface area contributed by atoms with Crippen LogP contribution in [-0.4, -0.2) is 18.2 Å². The number of thiophene rings is 1. The molecule has 114 valence electrons. The molecule has 0 amide bonds. The Labute approximate surface area is 133 Å². The van der Waals surface area contributed by atoms with E-state index in [2.05, 4.69) is 9.82 Å². The van der Waals surface area contributed by atoms with Crippen molar-refractivity contribution in [2.45, 2.75) is 17.7 Å². The van der Waals surface area contributed by atoms with Gasteiger partial charge in [-0.15, -0.1) is 11.3 Å². The Balaban J connectivity index is 1.90. The van der Waals surface area contributed by atoms with Crippen molar-refractivity contribution in [2.24, 2.45) is 0 Å². The van der Waals surface area contributed by atoms with Gasteiger partial charge in [-0.25, -0.2) is 8.42 Å². The van der Waals surface area contributed by atoms with Gasteiger partial charge in [-0.2, -0.15) is 5.10 Å². The molecular formula is C15H15N3O2S2. The third-order valence-electron chi connectivity index (χ3n) is 3.18. The van der Waals surface area contributed by atoms with Crippen molar-refractivity contribution in [3.63, 3.8) is 0 Å². The van der Waals surface area contributed by atoms with Gasteiger partial charge in [0.25, 0.3) is 10.0 Å². The summed E-state index contributed by atoms with van der Waals surface area (Å²) < 4.78 is 29.5. The van der Waals surface area contributed by atoms with Crippen molar-refractivity contribution in [1.29, 1.82) is 0 Å². The SMILES string of the molecule is CCn1nccc1-c1csc(S(=O)(=O)Nc2ccccc2)c1. The minimum absolute atomic E-state index is 0.287. The van der Waals surface area contributed by atoms with Crippen LogP contribution in [-0.2, 0) is 16.6 Å². The number of nitrogens with zero attached hydrogens (tertiary/aromatic N) is 2. The van der Waals surface area contributed by atoms with Crippen LogP contribution in [0.5, 0.6) is 0 Å². The Morgan fingerprint density at radius 3 is 2.73 bits per heavy atom. The van der Waals surface area contributed by atoms with Crippen LogP contribution in [0.4, 0.5) is 5.69 Å². The average Bonchev–Trinajstić information content (AvgIpc) is 3.16. The summed E-state index contributed by atoms with van der Waals surface area (Å²) in [5.74, 6) is 0. The highest BCUT2D eigenvalue weighted by molar-refractivity contribution is 7.94. The van der Waals surface area contributed by atoms with E-state index in [9.17, 15) is 8.42 Å². The standard InChI is InChI=1S/C15H15N3O2S2/c1-2-18-14(8-9-16-18)12-10-15(21-11-12)22(19,20)17-13-6-4-3-5-7-13/h3-11,17H,2H2,1H3. The fourth-order valence-corrected chi connectivity index (χ4v) is 4.37. The Bertz CT molecular complexity index is 867. The molecule has 7 heteroatoms. The zero-order valence-electron chi connectivity index (χ0n) is 11.9. The predicted octanol–water partition coefficient (Wildman–Crippen LogP) is 3.43. The molecule has 0 saturated heterocycles. The molecule has 2 aromatic heterocycles. The van der Waals surface area contributed by atoms with Crippen LogP contribution in [0, 0.1) is 0 Å². The number of hydrogen-bond acceptors (Lipinski definition) is 4. The number of para-hydroxylation sites is 1. The lowest BCUT2D eigenvalue weighted by atomic mass is 10.2. The zero-order chi connectivity index (χ0) is 15.6. The molecule has 0 fully saturated rings. The van der Waals surface area contributed by atoms with Crippen molar-refractivity contribution in [3.8, 4) is 11.3 Å². The number of sulfonamides is 1. The van der Waals surface area contributed by atoms with E-state index >= 15 is 0 Å². The van der Waals surface area contributed by atoms with Crippen molar-refractivity contribution in [2.75, 3.05) is 4.72 Å². The minimum Gasteiger partial charge on any atom is -0.279 e. The minimum atomic E-state index is -3.56. The van der Waals surface area contributed by atoms with Gasteiger partial charge in [0.1, 0.15) is 4.21 Å². The maximum Gasteiger partial charge on any atom is 0.271 e. The van der Waals surface area contributed by atoms with E-state index in [1.807, 2.05) is 29.1 Å². The highest BCUT2D eigenvalue weighted by atomic mass is 32.2. The number of hydrogen-bond donors (Lipinski definition) is 1. The summed E-state index contributed by atoms with van der Waals surface area (Å²) in [7, 11) is -3.56. The number of benzene rings is 1. The highest BCUT2D eigenvalue weighted by Gasteiger charge is 2.18. The van der Waals surface area contributed by atoms with Crippen LogP contribution in [0.1, 0.15) is 6.92 Å². The van der Waals surface area contributed by atoms with Gasteiger partial charge in [-0.3, -0.25) is 9.40 Å². The predicted molar refractivity (Wildman–Crippen MR) is 88.5 cm³/mol. The molecule has 0 saturated carbocycles. The summed E-state index contributed by atoms with van der Waals surface area (Å²) in [4.78, 5) is 0. The lowest BCUT2D eigenvalue weighted by Gasteiger charge is -2.05. The molecule has 0 bridgehead atoms.